The average molecular weight is 287 g/mol. The lowest BCUT2D eigenvalue weighted by molar-refractivity contribution is -0.0497. The SMILES string of the molecule is CCCNC(c1ccsc1C)C1CCC(F)(F)CC1. The van der Waals surface area contributed by atoms with Crippen LogP contribution in [0.4, 0.5) is 8.78 Å². The monoisotopic (exact) mass is 287 g/mol. The molecule has 1 aliphatic carbocycles. The number of rotatable bonds is 5. The van der Waals surface area contributed by atoms with Crippen LogP contribution in [-0.4, -0.2) is 12.5 Å². The van der Waals surface area contributed by atoms with Crippen molar-refractivity contribution in [2.45, 2.75) is 57.9 Å². The third-order valence-corrected chi connectivity index (χ3v) is 4.94. The molecule has 1 unspecified atom stereocenters. The Morgan fingerprint density at radius 3 is 2.63 bits per heavy atom. The van der Waals surface area contributed by atoms with Gasteiger partial charge in [0.25, 0.3) is 0 Å². The Kier molecular flexibility index (Phi) is 4.96. The standard InChI is InChI=1S/C15H23F2NS/c1-3-9-18-14(13-6-10-19-11(13)2)12-4-7-15(16,17)8-5-12/h6,10,12,14,18H,3-5,7-9H2,1-2H3. The van der Waals surface area contributed by atoms with Crippen molar-refractivity contribution in [3.05, 3.63) is 21.9 Å². The van der Waals surface area contributed by atoms with Gasteiger partial charge in [0.2, 0.25) is 5.92 Å². The summed E-state index contributed by atoms with van der Waals surface area (Å²) in [6.07, 6.45) is 2.42. The van der Waals surface area contributed by atoms with E-state index in [0.29, 0.717) is 18.8 Å². The van der Waals surface area contributed by atoms with E-state index >= 15 is 0 Å². The van der Waals surface area contributed by atoms with Crippen LogP contribution in [0.3, 0.4) is 0 Å². The Morgan fingerprint density at radius 1 is 1.42 bits per heavy atom. The number of thiophene rings is 1. The van der Waals surface area contributed by atoms with Crippen molar-refractivity contribution in [1.82, 2.24) is 5.32 Å². The fraction of sp³-hybridized carbons (Fsp3) is 0.733. The zero-order chi connectivity index (χ0) is 13.9. The molecule has 1 fully saturated rings. The summed E-state index contributed by atoms with van der Waals surface area (Å²) in [5.41, 5.74) is 1.31. The summed E-state index contributed by atoms with van der Waals surface area (Å²) >= 11 is 1.74. The largest absolute Gasteiger partial charge is 0.310 e. The van der Waals surface area contributed by atoms with Crippen LogP contribution in [0, 0.1) is 12.8 Å². The first-order chi connectivity index (χ1) is 9.03. The first kappa shape index (κ1) is 14.9. The molecule has 0 bridgehead atoms. The van der Waals surface area contributed by atoms with E-state index in [2.05, 4.69) is 30.6 Å². The van der Waals surface area contributed by atoms with Gasteiger partial charge >= 0.3 is 0 Å². The summed E-state index contributed by atoms with van der Waals surface area (Å²) in [6.45, 7) is 5.21. The van der Waals surface area contributed by atoms with E-state index in [1.54, 1.807) is 11.3 Å². The van der Waals surface area contributed by atoms with Crippen molar-refractivity contribution >= 4 is 11.3 Å². The van der Waals surface area contributed by atoms with E-state index < -0.39 is 5.92 Å². The first-order valence-electron chi connectivity index (χ1n) is 7.18. The highest BCUT2D eigenvalue weighted by molar-refractivity contribution is 7.10. The molecule has 1 aliphatic rings. The highest BCUT2D eigenvalue weighted by atomic mass is 32.1. The summed E-state index contributed by atoms with van der Waals surface area (Å²) in [4.78, 5) is 1.31. The Balaban J connectivity index is 2.08. The van der Waals surface area contributed by atoms with Crippen LogP contribution in [-0.2, 0) is 0 Å². The van der Waals surface area contributed by atoms with Crippen LogP contribution in [0.15, 0.2) is 11.4 Å². The normalized spacial score (nSPS) is 21.5. The summed E-state index contributed by atoms with van der Waals surface area (Å²) < 4.78 is 26.6. The maximum absolute atomic E-state index is 13.3. The second-order valence-corrected chi connectivity index (χ2v) is 6.68. The molecule has 1 aromatic rings. The molecule has 4 heteroatoms. The molecular formula is C15H23F2NS. The van der Waals surface area contributed by atoms with Crippen molar-refractivity contribution in [2.24, 2.45) is 5.92 Å². The third-order valence-electron chi connectivity index (χ3n) is 4.08. The smallest absolute Gasteiger partial charge is 0.248 e. The molecule has 19 heavy (non-hydrogen) atoms. The number of hydrogen-bond acceptors (Lipinski definition) is 2. The van der Waals surface area contributed by atoms with Crippen molar-refractivity contribution < 1.29 is 8.78 Å². The van der Waals surface area contributed by atoms with E-state index in [9.17, 15) is 8.78 Å². The predicted molar refractivity (Wildman–Crippen MR) is 77.0 cm³/mol. The summed E-state index contributed by atoms with van der Waals surface area (Å²) in [5.74, 6) is -2.09. The molecule has 1 nitrogen and oxygen atoms in total. The number of aryl methyl sites for hydroxylation is 1. The van der Waals surface area contributed by atoms with E-state index in [0.717, 1.165) is 13.0 Å². The van der Waals surface area contributed by atoms with E-state index in [1.807, 2.05) is 0 Å². The van der Waals surface area contributed by atoms with Crippen molar-refractivity contribution in [3.63, 3.8) is 0 Å². The number of nitrogens with one attached hydrogen (secondary N) is 1. The van der Waals surface area contributed by atoms with Gasteiger partial charge in [0, 0.05) is 23.8 Å². The zero-order valence-electron chi connectivity index (χ0n) is 11.7. The summed E-state index contributed by atoms with van der Waals surface area (Å²) in [5, 5.41) is 5.67. The van der Waals surface area contributed by atoms with Crippen LogP contribution >= 0.6 is 11.3 Å². The van der Waals surface area contributed by atoms with Crippen molar-refractivity contribution in [1.29, 1.82) is 0 Å². The fourth-order valence-electron chi connectivity index (χ4n) is 2.94. The van der Waals surface area contributed by atoms with Crippen molar-refractivity contribution in [2.75, 3.05) is 6.54 Å². The van der Waals surface area contributed by atoms with Gasteiger partial charge in [0.05, 0.1) is 0 Å². The molecule has 108 valence electrons. The van der Waals surface area contributed by atoms with Gasteiger partial charge in [0.1, 0.15) is 0 Å². The van der Waals surface area contributed by atoms with Gasteiger partial charge in [-0.2, -0.15) is 0 Å². The Bertz CT molecular complexity index is 393. The summed E-state index contributed by atoms with van der Waals surface area (Å²) in [7, 11) is 0. The lowest BCUT2D eigenvalue weighted by Crippen LogP contribution is -2.34. The molecule has 0 aromatic carbocycles. The van der Waals surface area contributed by atoms with Gasteiger partial charge in [-0.1, -0.05) is 6.92 Å². The molecule has 0 aliphatic heterocycles. The molecule has 1 saturated carbocycles. The second kappa shape index (κ2) is 6.31. The molecular weight excluding hydrogens is 264 g/mol. The first-order valence-corrected chi connectivity index (χ1v) is 8.06. The van der Waals surface area contributed by atoms with E-state index in [-0.39, 0.29) is 18.9 Å². The zero-order valence-corrected chi connectivity index (χ0v) is 12.5. The van der Waals surface area contributed by atoms with Crippen LogP contribution < -0.4 is 5.32 Å². The number of alkyl halides is 2. The van der Waals surface area contributed by atoms with Gasteiger partial charge in [-0.05, 0) is 55.7 Å². The fourth-order valence-corrected chi connectivity index (χ4v) is 3.69. The third kappa shape index (κ3) is 3.76. The molecule has 0 radical (unpaired) electrons. The van der Waals surface area contributed by atoms with Gasteiger partial charge in [0.15, 0.2) is 0 Å². The quantitative estimate of drug-likeness (QED) is 0.810. The Hall–Kier alpha value is -0.480. The topological polar surface area (TPSA) is 12.0 Å². The highest BCUT2D eigenvalue weighted by Crippen LogP contribution is 2.42. The summed E-state index contributed by atoms with van der Waals surface area (Å²) in [6, 6.07) is 2.40. The number of hydrogen-bond donors (Lipinski definition) is 1. The molecule has 0 spiro atoms. The van der Waals surface area contributed by atoms with Crippen LogP contribution in [0.25, 0.3) is 0 Å². The van der Waals surface area contributed by atoms with Gasteiger partial charge in [-0.25, -0.2) is 8.78 Å². The minimum Gasteiger partial charge on any atom is -0.310 e. The Morgan fingerprint density at radius 2 is 2.11 bits per heavy atom. The molecule has 1 heterocycles. The van der Waals surface area contributed by atoms with Gasteiger partial charge < -0.3 is 5.32 Å². The lowest BCUT2D eigenvalue weighted by Gasteiger charge is -2.34. The van der Waals surface area contributed by atoms with E-state index in [1.165, 1.54) is 10.4 Å². The minimum absolute atomic E-state index is 0.0468. The van der Waals surface area contributed by atoms with Gasteiger partial charge in [-0.15, -0.1) is 11.3 Å². The lowest BCUT2D eigenvalue weighted by atomic mass is 9.79. The maximum Gasteiger partial charge on any atom is 0.248 e. The Labute approximate surface area is 118 Å². The predicted octanol–water partition coefficient (Wildman–Crippen LogP) is 4.92. The highest BCUT2D eigenvalue weighted by Gasteiger charge is 2.38. The molecule has 1 aromatic heterocycles. The number of halogens is 2. The molecule has 2 rings (SSSR count). The van der Waals surface area contributed by atoms with Crippen LogP contribution in [0.2, 0.25) is 0 Å². The van der Waals surface area contributed by atoms with Crippen LogP contribution in [0.1, 0.15) is 55.5 Å². The van der Waals surface area contributed by atoms with E-state index in [4.69, 9.17) is 0 Å². The second-order valence-electron chi connectivity index (χ2n) is 5.56. The minimum atomic E-state index is -2.44. The molecule has 1 N–H and O–H groups in total. The van der Waals surface area contributed by atoms with Gasteiger partial charge in [-0.3, -0.25) is 0 Å². The van der Waals surface area contributed by atoms with Crippen molar-refractivity contribution in [3.8, 4) is 0 Å². The molecule has 0 saturated heterocycles. The molecule has 0 amide bonds. The van der Waals surface area contributed by atoms with Crippen LogP contribution in [0.5, 0.6) is 0 Å². The molecule has 1 atom stereocenters. The average Bonchev–Trinajstić information content (AvgIpc) is 2.78. The maximum atomic E-state index is 13.3.